The molecule has 0 radical (unpaired) electrons. The SMILES string of the molecule is Cn1cccc1/C=C1\SC(=O)N(Cc2ccc(Cl)cc2)C1=O. The summed E-state index contributed by atoms with van der Waals surface area (Å²) in [4.78, 5) is 26.2. The Bertz CT molecular complexity index is 765. The van der Waals surface area contributed by atoms with Crippen LogP contribution in [-0.2, 0) is 18.4 Å². The highest BCUT2D eigenvalue weighted by Gasteiger charge is 2.35. The van der Waals surface area contributed by atoms with Gasteiger partial charge in [0.25, 0.3) is 11.1 Å². The summed E-state index contributed by atoms with van der Waals surface area (Å²) in [6, 6.07) is 10.9. The second-order valence-corrected chi connectivity index (χ2v) is 6.37. The molecule has 1 aromatic heterocycles. The van der Waals surface area contributed by atoms with Crippen LogP contribution in [0.4, 0.5) is 4.79 Å². The molecule has 1 aliphatic heterocycles. The lowest BCUT2D eigenvalue weighted by molar-refractivity contribution is -0.123. The van der Waals surface area contributed by atoms with Crippen molar-refractivity contribution in [1.29, 1.82) is 0 Å². The van der Waals surface area contributed by atoms with Gasteiger partial charge in [-0.15, -0.1) is 0 Å². The Labute approximate surface area is 137 Å². The van der Waals surface area contributed by atoms with Crippen LogP contribution in [0, 0.1) is 0 Å². The summed E-state index contributed by atoms with van der Waals surface area (Å²) in [6.45, 7) is 0.256. The van der Waals surface area contributed by atoms with E-state index in [2.05, 4.69) is 0 Å². The topological polar surface area (TPSA) is 42.3 Å². The number of benzene rings is 1. The fourth-order valence-electron chi connectivity index (χ4n) is 2.17. The molecule has 6 heteroatoms. The average molecular weight is 333 g/mol. The summed E-state index contributed by atoms with van der Waals surface area (Å²) in [6.07, 6.45) is 3.64. The lowest BCUT2D eigenvalue weighted by Gasteiger charge is -2.12. The smallest absolute Gasteiger partial charge is 0.293 e. The van der Waals surface area contributed by atoms with Gasteiger partial charge in [-0.3, -0.25) is 14.5 Å². The van der Waals surface area contributed by atoms with Crippen LogP contribution >= 0.6 is 23.4 Å². The fraction of sp³-hybridized carbons (Fsp3) is 0.125. The van der Waals surface area contributed by atoms with Gasteiger partial charge in [0, 0.05) is 24.0 Å². The van der Waals surface area contributed by atoms with Crippen LogP contribution in [-0.4, -0.2) is 20.6 Å². The molecule has 0 saturated carbocycles. The van der Waals surface area contributed by atoms with Crippen LogP contribution in [0.25, 0.3) is 6.08 Å². The van der Waals surface area contributed by atoms with Gasteiger partial charge in [0.1, 0.15) is 0 Å². The van der Waals surface area contributed by atoms with Gasteiger partial charge in [-0.2, -0.15) is 0 Å². The van der Waals surface area contributed by atoms with E-state index in [1.54, 1.807) is 18.2 Å². The number of aromatic nitrogens is 1. The number of rotatable bonds is 3. The van der Waals surface area contributed by atoms with Crippen LogP contribution in [0.2, 0.25) is 5.02 Å². The summed E-state index contributed by atoms with van der Waals surface area (Å²) in [5.41, 5.74) is 1.75. The molecule has 4 nitrogen and oxygen atoms in total. The Kier molecular flexibility index (Phi) is 4.09. The second-order valence-electron chi connectivity index (χ2n) is 4.94. The highest BCUT2D eigenvalue weighted by atomic mass is 35.5. The van der Waals surface area contributed by atoms with Crippen molar-refractivity contribution in [3.63, 3.8) is 0 Å². The molecule has 1 fully saturated rings. The minimum atomic E-state index is -0.258. The first kappa shape index (κ1) is 14.9. The number of carbonyl (C=O) groups excluding carboxylic acids is 2. The molecule has 112 valence electrons. The van der Waals surface area contributed by atoms with E-state index in [0.717, 1.165) is 23.0 Å². The van der Waals surface area contributed by atoms with Gasteiger partial charge in [-0.05, 0) is 47.7 Å². The molecule has 0 atom stereocenters. The first-order chi connectivity index (χ1) is 10.5. The average Bonchev–Trinajstić information content (AvgIpc) is 3.00. The van der Waals surface area contributed by atoms with E-state index >= 15 is 0 Å². The number of carbonyl (C=O) groups is 2. The second kappa shape index (κ2) is 6.02. The lowest BCUT2D eigenvalue weighted by Crippen LogP contribution is -2.27. The molecular weight excluding hydrogens is 320 g/mol. The number of imide groups is 1. The standard InChI is InChI=1S/C16H13ClN2O2S/c1-18-8-2-3-13(18)9-14-15(20)19(16(21)22-14)10-11-4-6-12(17)7-5-11/h2-9H,10H2,1H3/b14-9-. The Morgan fingerprint density at radius 2 is 1.91 bits per heavy atom. The summed E-state index contributed by atoms with van der Waals surface area (Å²) >= 11 is 6.81. The summed E-state index contributed by atoms with van der Waals surface area (Å²) in [5, 5.41) is 0.377. The van der Waals surface area contributed by atoms with E-state index in [0.29, 0.717) is 9.93 Å². The van der Waals surface area contributed by atoms with Crippen molar-refractivity contribution in [2.45, 2.75) is 6.54 Å². The maximum atomic E-state index is 12.4. The number of thioether (sulfide) groups is 1. The lowest BCUT2D eigenvalue weighted by atomic mass is 10.2. The van der Waals surface area contributed by atoms with E-state index in [1.807, 2.05) is 42.1 Å². The van der Waals surface area contributed by atoms with Crippen LogP contribution in [0.1, 0.15) is 11.3 Å². The number of hydrogen-bond donors (Lipinski definition) is 0. The van der Waals surface area contributed by atoms with Gasteiger partial charge in [0.05, 0.1) is 11.4 Å². The van der Waals surface area contributed by atoms with Crippen molar-refractivity contribution in [3.8, 4) is 0 Å². The molecule has 0 aliphatic carbocycles. The summed E-state index contributed by atoms with van der Waals surface area (Å²) in [7, 11) is 1.89. The minimum absolute atomic E-state index is 0.250. The fourth-order valence-corrected chi connectivity index (χ4v) is 3.12. The van der Waals surface area contributed by atoms with E-state index < -0.39 is 0 Å². The van der Waals surface area contributed by atoms with Crippen molar-refractivity contribution in [3.05, 3.63) is 63.8 Å². The van der Waals surface area contributed by atoms with Gasteiger partial charge in [0.2, 0.25) is 0 Å². The van der Waals surface area contributed by atoms with Crippen LogP contribution in [0.3, 0.4) is 0 Å². The zero-order valence-electron chi connectivity index (χ0n) is 11.8. The van der Waals surface area contributed by atoms with Crippen molar-refractivity contribution >= 4 is 40.6 Å². The molecule has 2 amide bonds. The Balaban J connectivity index is 1.81. The molecule has 2 heterocycles. The third-order valence-corrected chi connectivity index (χ3v) is 4.55. The molecule has 0 spiro atoms. The van der Waals surface area contributed by atoms with Crippen LogP contribution in [0.5, 0.6) is 0 Å². The molecule has 1 aliphatic rings. The van der Waals surface area contributed by atoms with Gasteiger partial charge in [-0.25, -0.2) is 0 Å². The number of amides is 2. The highest BCUT2D eigenvalue weighted by Crippen LogP contribution is 2.33. The van der Waals surface area contributed by atoms with Crippen molar-refractivity contribution < 1.29 is 9.59 Å². The monoisotopic (exact) mass is 332 g/mol. The molecule has 1 saturated heterocycles. The maximum absolute atomic E-state index is 12.4. The zero-order valence-corrected chi connectivity index (χ0v) is 13.4. The summed E-state index contributed by atoms with van der Waals surface area (Å²) < 4.78 is 1.90. The molecule has 0 N–H and O–H groups in total. The molecule has 3 rings (SSSR count). The van der Waals surface area contributed by atoms with Crippen LogP contribution < -0.4 is 0 Å². The largest absolute Gasteiger partial charge is 0.351 e. The number of nitrogens with zero attached hydrogens (tertiary/aromatic N) is 2. The third-order valence-electron chi connectivity index (χ3n) is 3.39. The number of aryl methyl sites for hydroxylation is 1. The summed E-state index contributed by atoms with van der Waals surface area (Å²) in [5.74, 6) is -0.258. The van der Waals surface area contributed by atoms with E-state index in [1.165, 1.54) is 4.90 Å². The molecule has 0 unspecified atom stereocenters. The Morgan fingerprint density at radius 3 is 2.55 bits per heavy atom. The predicted molar refractivity (Wildman–Crippen MR) is 88.4 cm³/mol. The molecule has 0 bridgehead atoms. The predicted octanol–water partition coefficient (Wildman–Crippen LogP) is 3.92. The first-order valence-electron chi connectivity index (χ1n) is 6.66. The number of hydrogen-bond acceptors (Lipinski definition) is 3. The number of halogens is 1. The zero-order chi connectivity index (χ0) is 15.7. The van der Waals surface area contributed by atoms with E-state index in [4.69, 9.17) is 11.6 Å². The third kappa shape index (κ3) is 2.96. The highest BCUT2D eigenvalue weighted by molar-refractivity contribution is 8.18. The molecule has 1 aromatic carbocycles. The Morgan fingerprint density at radius 1 is 1.18 bits per heavy atom. The van der Waals surface area contributed by atoms with Gasteiger partial charge in [0.15, 0.2) is 0 Å². The van der Waals surface area contributed by atoms with Gasteiger partial charge in [-0.1, -0.05) is 23.7 Å². The van der Waals surface area contributed by atoms with E-state index in [-0.39, 0.29) is 17.7 Å². The van der Waals surface area contributed by atoms with Crippen molar-refractivity contribution in [2.75, 3.05) is 0 Å². The van der Waals surface area contributed by atoms with Gasteiger partial charge < -0.3 is 4.57 Å². The Hall–Kier alpha value is -1.98. The van der Waals surface area contributed by atoms with E-state index in [9.17, 15) is 9.59 Å². The normalized spacial score (nSPS) is 16.8. The minimum Gasteiger partial charge on any atom is -0.351 e. The molecule has 2 aromatic rings. The molecule has 22 heavy (non-hydrogen) atoms. The quantitative estimate of drug-likeness (QED) is 0.800. The first-order valence-corrected chi connectivity index (χ1v) is 7.85. The van der Waals surface area contributed by atoms with Crippen molar-refractivity contribution in [2.24, 2.45) is 7.05 Å². The van der Waals surface area contributed by atoms with Crippen molar-refractivity contribution in [1.82, 2.24) is 9.47 Å². The van der Waals surface area contributed by atoms with Gasteiger partial charge >= 0.3 is 0 Å². The molecular formula is C16H13ClN2O2S. The van der Waals surface area contributed by atoms with Crippen LogP contribution in [0.15, 0.2) is 47.5 Å². The maximum Gasteiger partial charge on any atom is 0.293 e.